The maximum Gasteiger partial charge on any atom is 0.241 e. The predicted octanol–water partition coefficient (Wildman–Crippen LogP) is 4.29. The fourth-order valence-electron chi connectivity index (χ4n) is 3.02. The first-order valence-corrected chi connectivity index (χ1v) is 7.89. The van der Waals surface area contributed by atoms with Gasteiger partial charge in [-0.1, -0.05) is 60.7 Å². The van der Waals surface area contributed by atoms with E-state index in [9.17, 15) is 4.79 Å². The zero-order valence-corrected chi connectivity index (χ0v) is 13.3. The second-order valence-corrected chi connectivity index (χ2v) is 5.96. The van der Waals surface area contributed by atoms with E-state index in [1.807, 2.05) is 78.6 Å². The van der Waals surface area contributed by atoms with Gasteiger partial charge >= 0.3 is 0 Å². The lowest BCUT2D eigenvalue weighted by molar-refractivity contribution is -0.121. The van der Waals surface area contributed by atoms with Crippen LogP contribution in [0.1, 0.15) is 18.1 Å². The second-order valence-electron chi connectivity index (χ2n) is 5.65. The summed E-state index contributed by atoms with van der Waals surface area (Å²) in [6, 6.07) is 18.0. The summed E-state index contributed by atoms with van der Waals surface area (Å²) in [5.74, 6) is 0.503. The Balaban J connectivity index is 2.02. The van der Waals surface area contributed by atoms with Crippen molar-refractivity contribution in [2.75, 3.05) is 10.8 Å². The van der Waals surface area contributed by atoms with E-state index in [0.717, 1.165) is 16.8 Å². The van der Waals surface area contributed by atoms with Gasteiger partial charge in [-0.2, -0.15) is 0 Å². The Morgan fingerprint density at radius 3 is 2.50 bits per heavy atom. The molecule has 0 spiro atoms. The van der Waals surface area contributed by atoms with Gasteiger partial charge in [0.25, 0.3) is 0 Å². The molecule has 0 aromatic heterocycles. The van der Waals surface area contributed by atoms with Crippen LogP contribution in [0.2, 0.25) is 0 Å². The maximum absolute atomic E-state index is 13.0. The van der Waals surface area contributed by atoms with Gasteiger partial charge in [0.05, 0.1) is 12.0 Å². The van der Waals surface area contributed by atoms with Gasteiger partial charge in [-0.05, 0) is 24.1 Å². The molecule has 1 aliphatic rings. The highest BCUT2D eigenvalue weighted by molar-refractivity contribution is 6.19. The second kappa shape index (κ2) is 5.98. The van der Waals surface area contributed by atoms with E-state index in [1.165, 1.54) is 0 Å². The Morgan fingerprint density at radius 2 is 1.77 bits per heavy atom. The third kappa shape index (κ3) is 2.44. The number of anilines is 1. The Kier molecular flexibility index (Phi) is 4.04. The minimum atomic E-state index is -0.639. The number of hydrogen-bond acceptors (Lipinski definition) is 1. The van der Waals surface area contributed by atoms with Crippen molar-refractivity contribution in [1.29, 1.82) is 0 Å². The standard InChI is InChI=1S/C19H18ClNO/c1-19(12-7-13-20)16-10-5-6-11-17(16)21(18(19)22)14-15-8-3-2-4-9-15/h2-12H,13-14H2,1H3/b12-7+. The third-order valence-electron chi connectivity index (χ3n) is 4.17. The number of alkyl halides is 1. The van der Waals surface area contributed by atoms with Gasteiger partial charge in [0.1, 0.15) is 0 Å². The van der Waals surface area contributed by atoms with Crippen LogP contribution in [0.3, 0.4) is 0 Å². The molecule has 0 bridgehead atoms. The van der Waals surface area contributed by atoms with E-state index >= 15 is 0 Å². The number of nitrogens with zero attached hydrogens (tertiary/aromatic N) is 1. The molecule has 3 heteroatoms. The normalized spacial score (nSPS) is 20.6. The van der Waals surface area contributed by atoms with Crippen molar-refractivity contribution in [2.24, 2.45) is 0 Å². The van der Waals surface area contributed by atoms with Crippen LogP contribution >= 0.6 is 11.6 Å². The molecule has 1 atom stereocenters. The molecular weight excluding hydrogens is 294 g/mol. The highest BCUT2D eigenvalue weighted by Gasteiger charge is 2.45. The number of halogens is 1. The van der Waals surface area contributed by atoms with Crippen molar-refractivity contribution in [3.05, 3.63) is 77.9 Å². The van der Waals surface area contributed by atoms with Crippen molar-refractivity contribution in [3.8, 4) is 0 Å². The molecule has 0 N–H and O–H groups in total. The Hall–Kier alpha value is -2.06. The number of amides is 1. The Labute approximate surface area is 136 Å². The van der Waals surface area contributed by atoms with E-state index < -0.39 is 5.41 Å². The van der Waals surface area contributed by atoms with Gasteiger partial charge in [-0.25, -0.2) is 0 Å². The SMILES string of the molecule is CC1(/C=C/CCl)C(=O)N(Cc2ccccc2)c2ccccc21. The Bertz CT molecular complexity index is 710. The number of fused-ring (bicyclic) bond motifs is 1. The molecule has 2 aromatic rings. The monoisotopic (exact) mass is 311 g/mol. The molecule has 1 amide bonds. The average Bonchev–Trinajstić information content (AvgIpc) is 2.77. The van der Waals surface area contributed by atoms with Crippen LogP contribution in [-0.2, 0) is 16.8 Å². The van der Waals surface area contributed by atoms with Crippen LogP contribution in [-0.4, -0.2) is 11.8 Å². The van der Waals surface area contributed by atoms with Crippen LogP contribution in [0.25, 0.3) is 0 Å². The van der Waals surface area contributed by atoms with Crippen LogP contribution in [0.15, 0.2) is 66.7 Å². The van der Waals surface area contributed by atoms with Gasteiger partial charge in [0.15, 0.2) is 0 Å². The molecule has 0 saturated carbocycles. The lowest BCUT2D eigenvalue weighted by Crippen LogP contribution is -2.36. The van der Waals surface area contributed by atoms with Crippen LogP contribution in [0.4, 0.5) is 5.69 Å². The first kappa shape index (κ1) is 14.9. The molecule has 1 heterocycles. The molecule has 3 rings (SSSR count). The van der Waals surface area contributed by atoms with E-state index in [4.69, 9.17) is 11.6 Å². The van der Waals surface area contributed by atoms with Crippen LogP contribution in [0.5, 0.6) is 0 Å². The smallest absolute Gasteiger partial charge is 0.241 e. The summed E-state index contributed by atoms with van der Waals surface area (Å²) in [6.07, 6.45) is 3.77. The van der Waals surface area contributed by atoms with Crippen molar-refractivity contribution in [2.45, 2.75) is 18.9 Å². The average molecular weight is 312 g/mol. The van der Waals surface area contributed by atoms with Gasteiger partial charge in [0, 0.05) is 11.6 Å². The summed E-state index contributed by atoms with van der Waals surface area (Å²) in [4.78, 5) is 14.9. The summed E-state index contributed by atoms with van der Waals surface area (Å²) in [7, 11) is 0. The first-order valence-electron chi connectivity index (χ1n) is 7.36. The van der Waals surface area contributed by atoms with Gasteiger partial charge in [-0.3, -0.25) is 4.79 Å². The van der Waals surface area contributed by atoms with E-state index in [-0.39, 0.29) is 5.91 Å². The Morgan fingerprint density at radius 1 is 1.09 bits per heavy atom. The molecular formula is C19H18ClNO. The highest BCUT2D eigenvalue weighted by Crippen LogP contribution is 2.43. The lowest BCUT2D eigenvalue weighted by atomic mass is 9.83. The van der Waals surface area contributed by atoms with Gasteiger partial charge < -0.3 is 4.90 Å². The lowest BCUT2D eigenvalue weighted by Gasteiger charge is -2.21. The van der Waals surface area contributed by atoms with Crippen molar-refractivity contribution in [3.63, 3.8) is 0 Å². The molecule has 0 fully saturated rings. The fourth-order valence-corrected chi connectivity index (χ4v) is 3.11. The van der Waals surface area contributed by atoms with Crippen molar-refractivity contribution < 1.29 is 4.79 Å². The number of rotatable bonds is 4. The van der Waals surface area contributed by atoms with E-state index in [2.05, 4.69) is 0 Å². The minimum absolute atomic E-state index is 0.0962. The molecule has 1 aliphatic heterocycles. The molecule has 22 heavy (non-hydrogen) atoms. The number of allylic oxidation sites excluding steroid dienone is 1. The van der Waals surface area contributed by atoms with E-state index in [0.29, 0.717) is 12.4 Å². The van der Waals surface area contributed by atoms with Crippen LogP contribution in [0, 0.1) is 0 Å². The first-order chi connectivity index (χ1) is 10.7. The molecule has 112 valence electrons. The highest BCUT2D eigenvalue weighted by atomic mass is 35.5. The van der Waals surface area contributed by atoms with Crippen LogP contribution < -0.4 is 4.90 Å². The topological polar surface area (TPSA) is 20.3 Å². The molecule has 2 nitrogen and oxygen atoms in total. The summed E-state index contributed by atoms with van der Waals surface area (Å²) in [6.45, 7) is 2.54. The van der Waals surface area contributed by atoms with Gasteiger partial charge in [0.2, 0.25) is 5.91 Å². The number of carbonyl (C=O) groups is 1. The number of benzene rings is 2. The number of hydrogen-bond donors (Lipinski definition) is 0. The minimum Gasteiger partial charge on any atom is -0.307 e. The van der Waals surface area contributed by atoms with Crippen molar-refractivity contribution in [1.82, 2.24) is 0 Å². The summed E-state index contributed by atoms with van der Waals surface area (Å²) in [5.41, 5.74) is 2.51. The maximum atomic E-state index is 13.0. The molecule has 1 unspecified atom stereocenters. The number of para-hydroxylation sites is 1. The number of carbonyl (C=O) groups excluding carboxylic acids is 1. The quantitative estimate of drug-likeness (QED) is 0.609. The summed E-state index contributed by atoms with van der Waals surface area (Å²) in [5, 5.41) is 0. The zero-order chi connectivity index (χ0) is 15.6. The van der Waals surface area contributed by atoms with Crippen molar-refractivity contribution >= 4 is 23.2 Å². The molecule has 2 aromatic carbocycles. The third-order valence-corrected chi connectivity index (χ3v) is 4.35. The van der Waals surface area contributed by atoms with Gasteiger partial charge in [-0.15, -0.1) is 11.6 Å². The summed E-state index contributed by atoms with van der Waals surface area (Å²) < 4.78 is 0. The summed E-state index contributed by atoms with van der Waals surface area (Å²) >= 11 is 5.77. The molecule has 0 saturated heterocycles. The fraction of sp³-hybridized carbons (Fsp3) is 0.211. The zero-order valence-electron chi connectivity index (χ0n) is 12.5. The predicted molar refractivity (Wildman–Crippen MR) is 91.3 cm³/mol. The molecule has 0 radical (unpaired) electrons. The largest absolute Gasteiger partial charge is 0.307 e. The van der Waals surface area contributed by atoms with E-state index in [1.54, 1.807) is 0 Å². The molecule has 0 aliphatic carbocycles.